The van der Waals surface area contributed by atoms with Gasteiger partial charge in [-0.3, -0.25) is 9.69 Å². The third-order valence-corrected chi connectivity index (χ3v) is 5.65. The Morgan fingerprint density at radius 1 is 1.15 bits per heavy atom. The molecule has 1 saturated carbocycles. The van der Waals surface area contributed by atoms with Crippen molar-refractivity contribution in [3.05, 3.63) is 0 Å². The van der Waals surface area contributed by atoms with Gasteiger partial charge in [0.2, 0.25) is 5.91 Å². The predicted octanol–water partition coefficient (Wildman–Crippen LogP) is 1.32. The van der Waals surface area contributed by atoms with E-state index in [9.17, 15) is 4.79 Å². The van der Waals surface area contributed by atoms with Crippen molar-refractivity contribution in [3.63, 3.8) is 0 Å². The van der Waals surface area contributed by atoms with Crippen molar-refractivity contribution < 1.29 is 4.79 Å². The van der Waals surface area contributed by atoms with Gasteiger partial charge < -0.3 is 10.2 Å². The first-order valence-electron chi connectivity index (χ1n) is 8.31. The fraction of sp³-hybridized carbons (Fsp3) is 0.938. The van der Waals surface area contributed by atoms with Crippen LogP contribution in [0.5, 0.6) is 0 Å². The van der Waals surface area contributed by atoms with Crippen LogP contribution in [0.2, 0.25) is 0 Å². The molecule has 1 aliphatic carbocycles. The number of piperazine rings is 1. The van der Waals surface area contributed by atoms with E-state index in [1.807, 2.05) is 0 Å². The molecule has 1 atom stereocenters. The van der Waals surface area contributed by atoms with Crippen molar-refractivity contribution >= 4 is 5.91 Å². The lowest BCUT2D eigenvalue weighted by molar-refractivity contribution is -0.149. The highest BCUT2D eigenvalue weighted by atomic mass is 16.2. The molecule has 0 aromatic rings. The molecule has 0 radical (unpaired) electrons. The molecule has 3 rings (SSSR count). The molecule has 2 aliphatic heterocycles. The highest BCUT2D eigenvalue weighted by molar-refractivity contribution is 5.80. The van der Waals surface area contributed by atoms with E-state index < -0.39 is 0 Å². The van der Waals surface area contributed by atoms with Gasteiger partial charge in [-0.15, -0.1) is 0 Å². The Bertz CT molecular complexity index is 357. The Balaban J connectivity index is 1.52. The highest BCUT2D eigenvalue weighted by Crippen LogP contribution is 2.42. The van der Waals surface area contributed by atoms with E-state index in [-0.39, 0.29) is 11.3 Å². The molecule has 1 amide bonds. The van der Waals surface area contributed by atoms with Crippen LogP contribution in [0, 0.1) is 11.3 Å². The van der Waals surface area contributed by atoms with Gasteiger partial charge in [0, 0.05) is 51.2 Å². The van der Waals surface area contributed by atoms with Gasteiger partial charge in [-0.25, -0.2) is 0 Å². The van der Waals surface area contributed by atoms with Gasteiger partial charge >= 0.3 is 0 Å². The number of hydrogen-bond donors (Lipinski definition) is 1. The number of amides is 1. The van der Waals surface area contributed by atoms with Crippen LogP contribution in [-0.2, 0) is 4.79 Å². The lowest BCUT2D eigenvalue weighted by atomic mass is 9.68. The van der Waals surface area contributed by atoms with E-state index in [2.05, 4.69) is 29.0 Å². The van der Waals surface area contributed by atoms with Crippen molar-refractivity contribution in [2.75, 3.05) is 39.3 Å². The number of nitrogens with zero attached hydrogens (tertiary/aromatic N) is 2. The van der Waals surface area contributed by atoms with E-state index in [0.29, 0.717) is 11.9 Å². The second-order valence-electron chi connectivity index (χ2n) is 7.47. The van der Waals surface area contributed by atoms with E-state index >= 15 is 0 Å². The van der Waals surface area contributed by atoms with Gasteiger partial charge in [0.25, 0.3) is 0 Å². The highest BCUT2D eigenvalue weighted by Gasteiger charge is 2.43. The summed E-state index contributed by atoms with van der Waals surface area (Å²) in [5, 5.41) is 3.39. The average molecular weight is 279 g/mol. The van der Waals surface area contributed by atoms with Gasteiger partial charge in [0.15, 0.2) is 0 Å². The standard InChI is InChI=1S/C16H29N3O/c1-16(2)6-4-3-5-14(16)15(20)19-11-13(12-19)18-9-7-17-8-10-18/h13-14,17H,3-12H2,1-2H3. The van der Waals surface area contributed by atoms with Crippen molar-refractivity contribution in [1.82, 2.24) is 15.1 Å². The third kappa shape index (κ3) is 2.73. The lowest BCUT2D eigenvalue weighted by Crippen LogP contribution is -2.65. The Morgan fingerprint density at radius 2 is 1.85 bits per heavy atom. The zero-order valence-corrected chi connectivity index (χ0v) is 13.0. The van der Waals surface area contributed by atoms with E-state index in [4.69, 9.17) is 0 Å². The first-order chi connectivity index (χ1) is 9.58. The van der Waals surface area contributed by atoms with Crippen LogP contribution in [0.15, 0.2) is 0 Å². The number of rotatable bonds is 2. The first-order valence-corrected chi connectivity index (χ1v) is 8.31. The molecule has 0 aromatic carbocycles. The van der Waals surface area contributed by atoms with Crippen LogP contribution < -0.4 is 5.32 Å². The van der Waals surface area contributed by atoms with Gasteiger partial charge in [-0.1, -0.05) is 26.7 Å². The van der Waals surface area contributed by atoms with Crippen LogP contribution in [0.3, 0.4) is 0 Å². The Kier molecular flexibility index (Phi) is 4.04. The van der Waals surface area contributed by atoms with Crippen LogP contribution in [0.4, 0.5) is 0 Å². The largest absolute Gasteiger partial charge is 0.339 e. The van der Waals surface area contributed by atoms with E-state index in [1.165, 1.54) is 19.3 Å². The summed E-state index contributed by atoms with van der Waals surface area (Å²) in [6, 6.07) is 0.618. The summed E-state index contributed by atoms with van der Waals surface area (Å²) in [5.41, 5.74) is 0.204. The summed E-state index contributed by atoms with van der Waals surface area (Å²) in [6.45, 7) is 11.0. The zero-order chi connectivity index (χ0) is 14.2. The van der Waals surface area contributed by atoms with Gasteiger partial charge in [0.05, 0.1) is 0 Å². The molecule has 1 N–H and O–H groups in total. The maximum atomic E-state index is 12.7. The molecule has 4 nitrogen and oxygen atoms in total. The Hall–Kier alpha value is -0.610. The minimum absolute atomic E-state index is 0.204. The summed E-state index contributed by atoms with van der Waals surface area (Å²) in [7, 11) is 0. The fourth-order valence-electron chi connectivity index (χ4n) is 4.09. The minimum Gasteiger partial charge on any atom is -0.339 e. The SMILES string of the molecule is CC1(C)CCCCC1C(=O)N1CC(N2CCNCC2)C1. The number of hydrogen-bond acceptors (Lipinski definition) is 3. The maximum Gasteiger partial charge on any atom is 0.226 e. The molecule has 114 valence electrons. The number of likely N-dealkylation sites (tertiary alicyclic amines) is 1. The molecule has 2 heterocycles. The van der Waals surface area contributed by atoms with Crippen LogP contribution >= 0.6 is 0 Å². The van der Waals surface area contributed by atoms with Crippen LogP contribution in [-0.4, -0.2) is 61.0 Å². The molecule has 20 heavy (non-hydrogen) atoms. The lowest BCUT2D eigenvalue weighted by Gasteiger charge is -2.49. The minimum atomic E-state index is 0.204. The Morgan fingerprint density at radius 3 is 2.50 bits per heavy atom. The molecular formula is C16H29N3O. The molecule has 3 aliphatic rings. The summed E-state index contributed by atoms with van der Waals surface area (Å²) >= 11 is 0. The van der Waals surface area contributed by atoms with Crippen molar-refractivity contribution in [1.29, 1.82) is 0 Å². The maximum absolute atomic E-state index is 12.7. The van der Waals surface area contributed by atoms with Crippen molar-refractivity contribution in [2.45, 2.75) is 45.6 Å². The predicted molar refractivity (Wildman–Crippen MR) is 80.5 cm³/mol. The Labute approximate surface area is 122 Å². The molecule has 3 fully saturated rings. The van der Waals surface area contributed by atoms with E-state index in [0.717, 1.165) is 45.7 Å². The normalized spacial score (nSPS) is 31.9. The third-order valence-electron chi connectivity index (χ3n) is 5.65. The summed E-state index contributed by atoms with van der Waals surface area (Å²) in [4.78, 5) is 17.4. The van der Waals surface area contributed by atoms with Gasteiger partial charge in [-0.2, -0.15) is 0 Å². The quantitative estimate of drug-likeness (QED) is 0.828. The first kappa shape index (κ1) is 14.3. The molecule has 0 bridgehead atoms. The number of carbonyl (C=O) groups excluding carboxylic acids is 1. The summed E-state index contributed by atoms with van der Waals surface area (Å²) < 4.78 is 0. The monoisotopic (exact) mass is 279 g/mol. The molecule has 4 heteroatoms. The number of carbonyl (C=O) groups is 1. The second-order valence-corrected chi connectivity index (χ2v) is 7.47. The summed E-state index contributed by atoms with van der Waals surface area (Å²) in [5.74, 6) is 0.696. The van der Waals surface area contributed by atoms with E-state index in [1.54, 1.807) is 0 Å². The summed E-state index contributed by atoms with van der Waals surface area (Å²) in [6.07, 6.45) is 4.83. The average Bonchev–Trinajstić information content (AvgIpc) is 2.37. The fourth-order valence-corrected chi connectivity index (χ4v) is 4.09. The van der Waals surface area contributed by atoms with Crippen LogP contribution in [0.1, 0.15) is 39.5 Å². The molecular weight excluding hydrogens is 250 g/mol. The zero-order valence-electron chi connectivity index (χ0n) is 13.0. The molecule has 0 aromatic heterocycles. The van der Waals surface area contributed by atoms with Crippen molar-refractivity contribution in [2.24, 2.45) is 11.3 Å². The van der Waals surface area contributed by atoms with Gasteiger partial charge in [-0.05, 0) is 18.3 Å². The van der Waals surface area contributed by atoms with Crippen LogP contribution in [0.25, 0.3) is 0 Å². The van der Waals surface area contributed by atoms with Crippen molar-refractivity contribution in [3.8, 4) is 0 Å². The number of nitrogens with one attached hydrogen (secondary N) is 1. The molecule has 2 saturated heterocycles. The molecule has 0 spiro atoms. The smallest absolute Gasteiger partial charge is 0.226 e. The molecule has 1 unspecified atom stereocenters. The van der Waals surface area contributed by atoms with Gasteiger partial charge in [0.1, 0.15) is 0 Å². The second kappa shape index (κ2) is 5.64. The topological polar surface area (TPSA) is 35.6 Å².